The minimum Gasteiger partial charge on any atom is -0.385 e. The largest absolute Gasteiger partial charge is 0.385 e. The van der Waals surface area contributed by atoms with E-state index in [1.807, 2.05) is 37.8 Å². The minimum absolute atomic E-state index is 0.190. The molecule has 0 bridgehead atoms. The first-order chi connectivity index (χ1) is 11.7. The zero-order chi connectivity index (χ0) is 17.8. The van der Waals surface area contributed by atoms with Crippen molar-refractivity contribution in [2.45, 2.75) is 33.7 Å². The normalized spacial score (nSPS) is 11.5. The Kier molecular flexibility index (Phi) is 9.84. The highest BCUT2D eigenvalue weighted by molar-refractivity contribution is 5.79. The third kappa shape index (κ3) is 6.74. The lowest BCUT2D eigenvalue weighted by molar-refractivity contribution is 0.195. The quantitative estimate of drug-likeness (QED) is 0.391. The van der Waals surface area contributed by atoms with E-state index in [0.29, 0.717) is 18.8 Å². The standard InChI is InChI=1S/C18H31FN4O/c1-5-20-18(21-11-8-12-24-4)22-14-15-9-10-17(16(19)13-15)23(6-2)7-3/h9-10,13H,5-8,11-12,14H2,1-4H3,(H2,20,21,22). The zero-order valence-corrected chi connectivity index (χ0v) is 15.4. The summed E-state index contributed by atoms with van der Waals surface area (Å²) in [4.78, 5) is 6.51. The number of guanidine groups is 1. The molecule has 1 aromatic carbocycles. The van der Waals surface area contributed by atoms with Gasteiger partial charge in [0.2, 0.25) is 0 Å². The van der Waals surface area contributed by atoms with Gasteiger partial charge in [-0.15, -0.1) is 0 Å². The molecule has 5 nitrogen and oxygen atoms in total. The Labute approximate surface area is 145 Å². The lowest BCUT2D eigenvalue weighted by Crippen LogP contribution is -2.38. The van der Waals surface area contributed by atoms with E-state index in [1.54, 1.807) is 13.2 Å². The Morgan fingerprint density at radius 2 is 1.96 bits per heavy atom. The van der Waals surface area contributed by atoms with Crippen molar-refractivity contribution in [3.8, 4) is 0 Å². The van der Waals surface area contributed by atoms with Gasteiger partial charge >= 0.3 is 0 Å². The molecule has 2 N–H and O–H groups in total. The SMILES string of the molecule is CCNC(=NCc1ccc(N(CC)CC)c(F)c1)NCCCOC. The van der Waals surface area contributed by atoms with Crippen LogP contribution in [0.3, 0.4) is 0 Å². The van der Waals surface area contributed by atoms with Gasteiger partial charge in [-0.1, -0.05) is 6.07 Å². The monoisotopic (exact) mass is 338 g/mol. The van der Waals surface area contributed by atoms with Gasteiger partial charge in [-0.2, -0.15) is 0 Å². The van der Waals surface area contributed by atoms with E-state index in [9.17, 15) is 4.39 Å². The van der Waals surface area contributed by atoms with Crippen molar-refractivity contribution in [3.05, 3.63) is 29.6 Å². The number of anilines is 1. The lowest BCUT2D eigenvalue weighted by atomic mass is 10.2. The predicted octanol–water partition coefficient (Wildman–Crippen LogP) is 2.76. The minimum atomic E-state index is -0.190. The summed E-state index contributed by atoms with van der Waals surface area (Å²) in [7, 11) is 1.69. The number of nitrogens with one attached hydrogen (secondary N) is 2. The lowest BCUT2D eigenvalue weighted by Gasteiger charge is -2.21. The third-order valence-electron chi connectivity index (χ3n) is 3.70. The molecular formula is C18H31FN4O. The van der Waals surface area contributed by atoms with Gasteiger partial charge in [0.15, 0.2) is 5.96 Å². The Hall–Kier alpha value is -1.82. The van der Waals surface area contributed by atoms with Crippen LogP contribution in [0.5, 0.6) is 0 Å². The van der Waals surface area contributed by atoms with Crippen molar-refractivity contribution < 1.29 is 9.13 Å². The van der Waals surface area contributed by atoms with Gasteiger partial charge in [0.05, 0.1) is 12.2 Å². The number of halogens is 1. The molecule has 136 valence electrons. The number of aliphatic imine (C=N–C) groups is 1. The van der Waals surface area contributed by atoms with Gasteiger partial charge < -0.3 is 20.3 Å². The van der Waals surface area contributed by atoms with E-state index >= 15 is 0 Å². The molecular weight excluding hydrogens is 307 g/mol. The molecule has 0 saturated carbocycles. The summed E-state index contributed by atoms with van der Waals surface area (Å²) in [5.74, 6) is 0.547. The zero-order valence-electron chi connectivity index (χ0n) is 15.4. The number of benzene rings is 1. The van der Waals surface area contributed by atoms with E-state index < -0.39 is 0 Å². The van der Waals surface area contributed by atoms with Crippen LogP contribution in [0.25, 0.3) is 0 Å². The molecule has 0 aliphatic carbocycles. The van der Waals surface area contributed by atoms with Crippen LogP contribution in [0, 0.1) is 5.82 Å². The molecule has 0 amide bonds. The molecule has 24 heavy (non-hydrogen) atoms. The molecule has 0 saturated heterocycles. The molecule has 0 spiro atoms. The van der Waals surface area contributed by atoms with E-state index in [1.165, 1.54) is 0 Å². The van der Waals surface area contributed by atoms with Crippen molar-refractivity contribution in [3.63, 3.8) is 0 Å². The molecule has 0 atom stereocenters. The molecule has 1 rings (SSSR count). The van der Waals surface area contributed by atoms with Gasteiger partial charge in [-0.3, -0.25) is 0 Å². The van der Waals surface area contributed by atoms with Gasteiger partial charge in [-0.05, 0) is 44.9 Å². The summed E-state index contributed by atoms with van der Waals surface area (Å²) >= 11 is 0. The van der Waals surface area contributed by atoms with Crippen LogP contribution < -0.4 is 15.5 Å². The maximum absolute atomic E-state index is 14.3. The van der Waals surface area contributed by atoms with Crippen LogP contribution in [0.4, 0.5) is 10.1 Å². The average Bonchev–Trinajstić information content (AvgIpc) is 2.59. The highest BCUT2D eigenvalue weighted by Crippen LogP contribution is 2.20. The molecule has 6 heteroatoms. The van der Waals surface area contributed by atoms with Crippen molar-refractivity contribution in [1.29, 1.82) is 0 Å². The van der Waals surface area contributed by atoms with Gasteiger partial charge in [0.25, 0.3) is 0 Å². The first-order valence-electron chi connectivity index (χ1n) is 8.70. The first-order valence-corrected chi connectivity index (χ1v) is 8.70. The predicted molar refractivity (Wildman–Crippen MR) is 99.3 cm³/mol. The highest BCUT2D eigenvalue weighted by Gasteiger charge is 2.09. The van der Waals surface area contributed by atoms with Gasteiger partial charge in [0.1, 0.15) is 5.82 Å². The Bertz CT molecular complexity index is 504. The van der Waals surface area contributed by atoms with E-state index in [4.69, 9.17) is 4.74 Å². The van der Waals surface area contributed by atoms with Crippen LogP contribution in [-0.4, -0.2) is 45.9 Å². The second kappa shape index (κ2) is 11.7. The highest BCUT2D eigenvalue weighted by atomic mass is 19.1. The molecule has 0 aliphatic rings. The van der Waals surface area contributed by atoms with E-state index in [0.717, 1.165) is 44.1 Å². The summed E-state index contributed by atoms with van der Waals surface area (Å²) in [6.45, 7) is 10.4. The second-order valence-electron chi connectivity index (χ2n) is 5.43. The molecule has 0 aromatic heterocycles. The van der Waals surface area contributed by atoms with Crippen LogP contribution in [0.1, 0.15) is 32.8 Å². The number of nitrogens with zero attached hydrogens (tertiary/aromatic N) is 2. The van der Waals surface area contributed by atoms with Gasteiger partial charge in [0, 0.05) is 39.9 Å². The molecule has 0 heterocycles. The van der Waals surface area contributed by atoms with Gasteiger partial charge in [-0.25, -0.2) is 9.38 Å². The van der Waals surface area contributed by atoms with Crippen molar-refractivity contribution in [2.75, 3.05) is 44.8 Å². The van der Waals surface area contributed by atoms with E-state index in [-0.39, 0.29) is 5.82 Å². The average molecular weight is 338 g/mol. The summed E-state index contributed by atoms with van der Waals surface area (Å²) in [5.41, 5.74) is 1.51. The van der Waals surface area contributed by atoms with Crippen molar-refractivity contribution in [1.82, 2.24) is 10.6 Å². The smallest absolute Gasteiger partial charge is 0.191 e. The van der Waals surface area contributed by atoms with Crippen LogP contribution in [0.2, 0.25) is 0 Å². The van der Waals surface area contributed by atoms with Crippen molar-refractivity contribution >= 4 is 11.6 Å². The number of methoxy groups -OCH3 is 1. The number of rotatable bonds is 10. The number of hydrogen-bond acceptors (Lipinski definition) is 3. The summed E-state index contributed by atoms with van der Waals surface area (Å²) in [6, 6.07) is 5.35. The summed E-state index contributed by atoms with van der Waals surface area (Å²) < 4.78 is 19.3. The maximum Gasteiger partial charge on any atom is 0.191 e. The molecule has 0 unspecified atom stereocenters. The van der Waals surface area contributed by atoms with Crippen LogP contribution >= 0.6 is 0 Å². The molecule has 1 aromatic rings. The number of ether oxygens (including phenoxy) is 1. The fourth-order valence-corrected chi connectivity index (χ4v) is 2.40. The maximum atomic E-state index is 14.3. The van der Waals surface area contributed by atoms with Crippen molar-refractivity contribution in [2.24, 2.45) is 4.99 Å². The molecule has 0 aliphatic heterocycles. The van der Waals surface area contributed by atoms with E-state index in [2.05, 4.69) is 15.6 Å². The Morgan fingerprint density at radius 3 is 2.54 bits per heavy atom. The molecule has 0 radical (unpaired) electrons. The Morgan fingerprint density at radius 1 is 1.21 bits per heavy atom. The first kappa shape index (κ1) is 20.2. The fraction of sp³-hybridized carbons (Fsp3) is 0.611. The third-order valence-corrected chi connectivity index (χ3v) is 3.70. The topological polar surface area (TPSA) is 48.9 Å². The summed E-state index contributed by atoms with van der Waals surface area (Å²) in [6.07, 6.45) is 0.911. The second-order valence-corrected chi connectivity index (χ2v) is 5.43. The fourth-order valence-electron chi connectivity index (χ4n) is 2.40. The molecule has 0 fully saturated rings. The Balaban J connectivity index is 2.69. The van der Waals surface area contributed by atoms with Crippen LogP contribution in [-0.2, 0) is 11.3 Å². The van der Waals surface area contributed by atoms with Crippen LogP contribution in [0.15, 0.2) is 23.2 Å². The summed E-state index contributed by atoms with van der Waals surface area (Å²) in [5, 5.41) is 6.43. The number of hydrogen-bond donors (Lipinski definition) is 2.